The van der Waals surface area contributed by atoms with Gasteiger partial charge in [0.15, 0.2) is 0 Å². The third-order valence-corrected chi connectivity index (χ3v) is 1.92. The molecule has 2 amide bonds. The van der Waals surface area contributed by atoms with E-state index in [4.69, 9.17) is 5.11 Å². The summed E-state index contributed by atoms with van der Waals surface area (Å²) in [6.07, 6.45) is -1.31. The molecule has 90 valence electrons. The Morgan fingerprint density at radius 1 is 1.53 bits per heavy atom. The average Bonchev–Trinajstić information content (AvgIpc) is 2.13. The highest BCUT2D eigenvalue weighted by molar-refractivity contribution is 5.74. The SMILES string of the molecule is CC(CCCO)NC(=O)N(C)CC(F)F. The van der Waals surface area contributed by atoms with Gasteiger partial charge in [-0.05, 0) is 19.8 Å². The van der Waals surface area contributed by atoms with Crippen molar-refractivity contribution in [1.82, 2.24) is 10.2 Å². The molecule has 1 atom stereocenters. The van der Waals surface area contributed by atoms with Gasteiger partial charge in [-0.25, -0.2) is 13.6 Å². The van der Waals surface area contributed by atoms with Crippen molar-refractivity contribution in [3.05, 3.63) is 0 Å². The highest BCUT2D eigenvalue weighted by Crippen LogP contribution is 1.99. The molecule has 0 aliphatic heterocycles. The van der Waals surface area contributed by atoms with E-state index in [1.54, 1.807) is 6.92 Å². The number of aliphatic hydroxyl groups is 1. The molecule has 0 aromatic carbocycles. The number of nitrogens with zero attached hydrogens (tertiary/aromatic N) is 1. The lowest BCUT2D eigenvalue weighted by Gasteiger charge is -2.20. The quantitative estimate of drug-likeness (QED) is 0.708. The fourth-order valence-electron chi connectivity index (χ4n) is 1.08. The van der Waals surface area contributed by atoms with Gasteiger partial charge < -0.3 is 15.3 Å². The van der Waals surface area contributed by atoms with E-state index in [0.717, 1.165) is 4.90 Å². The van der Waals surface area contributed by atoms with Gasteiger partial charge in [0.05, 0.1) is 6.54 Å². The molecule has 0 radical (unpaired) electrons. The molecular formula is C9H18F2N2O2. The van der Waals surface area contributed by atoms with E-state index in [1.807, 2.05) is 0 Å². The zero-order valence-electron chi connectivity index (χ0n) is 9.04. The zero-order valence-corrected chi connectivity index (χ0v) is 9.04. The second-order valence-corrected chi connectivity index (χ2v) is 3.49. The second kappa shape index (κ2) is 7.39. The Morgan fingerprint density at radius 2 is 2.13 bits per heavy atom. The highest BCUT2D eigenvalue weighted by Gasteiger charge is 2.15. The van der Waals surface area contributed by atoms with Crippen molar-refractivity contribution in [3.63, 3.8) is 0 Å². The third-order valence-electron chi connectivity index (χ3n) is 1.92. The summed E-state index contributed by atoms with van der Waals surface area (Å²) in [5.41, 5.74) is 0. The number of amides is 2. The molecule has 0 fully saturated rings. The molecular weight excluding hydrogens is 206 g/mol. The predicted molar refractivity (Wildman–Crippen MR) is 52.9 cm³/mol. The maximum absolute atomic E-state index is 11.9. The number of nitrogens with one attached hydrogen (secondary N) is 1. The molecule has 0 heterocycles. The molecule has 0 aliphatic rings. The van der Waals surface area contributed by atoms with Crippen LogP contribution in [0.2, 0.25) is 0 Å². The standard InChI is InChI=1S/C9H18F2N2O2/c1-7(4-3-5-14)12-9(15)13(2)6-8(10)11/h7-8,14H,3-6H2,1-2H3,(H,12,15). The van der Waals surface area contributed by atoms with Crippen LogP contribution < -0.4 is 5.32 Å². The molecule has 0 bridgehead atoms. The van der Waals surface area contributed by atoms with E-state index in [9.17, 15) is 13.6 Å². The normalized spacial score (nSPS) is 12.7. The van der Waals surface area contributed by atoms with Gasteiger partial charge in [-0.2, -0.15) is 0 Å². The first-order valence-electron chi connectivity index (χ1n) is 4.88. The van der Waals surface area contributed by atoms with Crippen molar-refractivity contribution < 1.29 is 18.7 Å². The molecule has 2 N–H and O–H groups in total. The van der Waals surface area contributed by atoms with Crippen LogP contribution in [0.15, 0.2) is 0 Å². The summed E-state index contributed by atoms with van der Waals surface area (Å²) >= 11 is 0. The van der Waals surface area contributed by atoms with Crippen LogP contribution in [0.4, 0.5) is 13.6 Å². The highest BCUT2D eigenvalue weighted by atomic mass is 19.3. The van der Waals surface area contributed by atoms with E-state index in [2.05, 4.69) is 5.32 Å². The number of hydrogen-bond donors (Lipinski definition) is 2. The number of aliphatic hydroxyl groups excluding tert-OH is 1. The fraction of sp³-hybridized carbons (Fsp3) is 0.889. The van der Waals surface area contributed by atoms with Crippen molar-refractivity contribution in [3.8, 4) is 0 Å². The topological polar surface area (TPSA) is 52.6 Å². The van der Waals surface area contributed by atoms with Crippen molar-refractivity contribution in [2.75, 3.05) is 20.2 Å². The molecule has 6 heteroatoms. The molecule has 0 aromatic heterocycles. The van der Waals surface area contributed by atoms with Crippen LogP contribution in [-0.2, 0) is 0 Å². The first-order valence-corrected chi connectivity index (χ1v) is 4.88. The zero-order chi connectivity index (χ0) is 11.8. The molecule has 0 spiro atoms. The van der Waals surface area contributed by atoms with Crippen LogP contribution >= 0.6 is 0 Å². The van der Waals surface area contributed by atoms with Gasteiger partial charge in [0.1, 0.15) is 0 Å². The minimum atomic E-state index is -2.52. The number of carbonyl (C=O) groups excluding carboxylic acids is 1. The van der Waals surface area contributed by atoms with Crippen LogP contribution in [0.25, 0.3) is 0 Å². The first kappa shape index (κ1) is 14.1. The van der Waals surface area contributed by atoms with Gasteiger partial charge >= 0.3 is 6.03 Å². The maximum atomic E-state index is 11.9. The Labute approximate surface area is 88.3 Å². The average molecular weight is 224 g/mol. The summed E-state index contributed by atoms with van der Waals surface area (Å²) < 4.78 is 23.9. The van der Waals surface area contributed by atoms with Gasteiger partial charge in [0, 0.05) is 19.7 Å². The Balaban J connectivity index is 3.80. The molecule has 0 aliphatic carbocycles. The number of urea groups is 1. The lowest BCUT2D eigenvalue weighted by atomic mass is 10.2. The van der Waals surface area contributed by atoms with Crippen LogP contribution in [0.3, 0.4) is 0 Å². The largest absolute Gasteiger partial charge is 0.396 e. The Hall–Kier alpha value is -0.910. The van der Waals surface area contributed by atoms with Crippen molar-refractivity contribution in [2.45, 2.75) is 32.2 Å². The van der Waals surface area contributed by atoms with Crippen LogP contribution in [0.1, 0.15) is 19.8 Å². The lowest BCUT2D eigenvalue weighted by Crippen LogP contribution is -2.43. The van der Waals surface area contributed by atoms with E-state index in [1.165, 1.54) is 7.05 Å². The number of carbonyl (C=O) groups is 1. The van der Waals surface area contributed by atoms with E-state index in [0.29, 0.717) is 12.8 Å². The van der Waals surface area contributed by atoms with E-state index < -0.39 is 19.0 Å². The van der Waals surface area contributed by atoms with Gasteiger partial charge in [-0.15, -0.1) is 0 Å². The van der Waals surface area contributed by atoms with E-state index in [-0.39, 0.29) is 12.6 Å². The summed E-state index contributed by atoms with van der Waals surface area (Å²) in [5.74, 6) is 0. The third kappa shape index (κ3) is 7.07. The number of alkyl halides is 2. The molecule has 0 aromatic rings. The van der Waals surface area contributed by atoms with Crippen molar-refractivity contribution >= 4 is 6.03 Å². The minimum Gasteiger partial charge on any atom is -0.396 e. The predicted octanol–water partition coefficient (Wildman–Crippen LogP) is 1.05. The van der Waals surface area contributed by atoms with Crippen LogP contribution in [0, 0.1) is 0 Å². The summed E-state index contributed by atoms with van der Waals surface area (Å²) in [7, 11) is 1.32. The van der Waals surface area contributed by atoms with Gasteiger partial charge in [-0.3, -0.25) is 0 Å². The summed E-state index contributed by atoms with van der Waals surface area (Å²) in [4.78, 5) is 12.2. The second-order valence-electron chi connectivity index (χ2n) is 3.49. The monoisotopic (exact) mass is 224 g/mol. The van der Waals surface area contributed by atoms with Gasteiger partial charge in [-0.1, -0.05) is 0 Å². The summed E-state index contributed by atoms with van der Waals surface area (Å²) in [6.45, 7) is 1.26. The van der Waals surface area contributed by atoms with Crippen molar-refractivity contribution in [2.24, 2.45) is 0 Å². The molecule has 0 saturated carbocycles. The molecule has 0 saturated heterocycles. The smallest absolute Gasteiger partial charge is 0.317 e. The molecule has 1 unspecified atom stereocenters. The number of hydrogen-bond acceptors (Lipinski definition) is 2. The van der Waals surface area contributed by atoms with Crippen molar-refractivity contribution in [1.29, 1.82) is 0 Å². The number of rotatable bonds is 6. The van der Waals surface area contributed by atoms with Gasteiger partial charge in [0.2, 0.25) is 0 Å². The minimum absolute atomic E-state index is 0.0626. The van der Waals surface area contributed by atoms with Gasteiger partial charge in [0.25, 0.3) is 6.43 Å². The van der Waals surface area contributed by atoms with E-state index >= 15 is 0 Å². The molecule has 4 nitrogen and oxygen atoms in total. The Bertz CT molecular complexity index is 191. The Kier molecular flexibility index (Phi) is 6.94. The Morgan fingerprint density at radius 3 is 2.60 bits per heavy atom. The molecule has 15 heavy (non-hydrogen) atoms. The first-order chi connectivity index (χ1) is 6.97. The number of halogens is 2. The lowest BCUT2D eigenvalue weighted by molar-refractivity contribution is 0.107. The summed E-state index contributed by atoms with van der Waals surface area (Å²) in [6, 6.07) is -0.634. The van der Waals surface area contributed by atoms with Crippen LogP contribution in [-0.4, -0.2) is 48.7 Å². The molecule has 0 rings (SSSR count). The fourth-order valence-corrected chi connectivity index (χ4v) is 1.08. The van der Waals surface area contributed by atoms with Crippen LogP contribution in [0.5, 0.6) is 0 Å². The summed E-state index contributed by atoms with van der Waals surface area (Å²) in [5, 5.41) is 11.1. The maximum Gasteiger partial charge on any atom is 0.317 e.